The van der Waals surface area contributed by atoms with Crippen LogP contribution < -0.4 is 5.32 Å². The van der Waals surface area contributed by atoms with E-state index in [-0.39, 0.29) is 12.1 Å². The van der Waals surface area contributed by atoms with Crippen molar-refractivity contribution in [1.82, 2.24) is 0 Å². The lowest BCUT2D eigenvalue weighted by Crippen LogP contribution is -2.29. The van der Waals surface area contributed by atoms with Crippen molar-refractivity contribution < 1.29 is 17.9 Å². The van der Waals surface area contributed by atoms with Crippen molar-refractivity contribution in [2.75, 3.05) is 12.4 Å². The highest BCUT2D eigenvalue weighted by Gasteiger charge is 2.31. The topological polar surface area (TPSA) is 21.3 Å². The van der Waals surface area contributed by atoms with E-state index >= 15 is 0 Å². The summed E-state index contributed by atoms with van der Waals surface area (Å²) < 4.78 is 43.4. The molecule has 2 unspecified atom stereocenters. The van der Waals surface area contributed by atoms with Gasteiger partial charge in [0.25, 0.3) is 0 Å². The number of hydrogen-bond donors (Lipinski definition) is 1. The van der Waals surface area contributed by atoms with Crippen LogP contribution in [0.4, 0.5) is 18.9 Å². The van der Waals surface area contributed by atoms with Crippen LogP contribution in [0.5, 0.6) is 0 Å². The molecular formula is C12H15BrF3NO. The van der Waals surface area contributed by atoms with Crippen LogP contribution in [0.1, 0.15) is 19.4 Å². The molecule has 2 nitrogen and oxygen atoms in total. The van der Waals surface area contributed by atoms with Crippen LogP contribution in [0.15, 0.2) is 22.7 Å². The Hall–Kier alpha value is -0.750. The van der Waals surface area contributed by atoms with E-state index < -0.39 is 11.7 Å². The smallest absolute Gasteiger partial charge is 0.380 e. The zero-order valence-corrected chi connectivity index (χ0v) is 11.9. The lowest BCUT2D eigenvalue weighted by Gasteiger charge is -2.22. The Labute approximate surface area is 113 Å². The number of nitrogens with one attached hydrogen (secondary N) is 1. The molecule has 0 spiro atoms. The van der Waals surface area contributed by atoms with E-state index in [2.05, 4.69) is 21.2 Å². The molecule has 0 amide bonds. The van der Waals surface area contributed by atoms with Gasteiger partial charge in [0.1, 0.15) is 0 Å². The highest BCUT2D eigenvalue weighted by molar-refractivity contribution is 9.10. The summed E-state index contributed by atoms with van der Waals surface area (Å²) in [6.45, 7) is 3.70. The SMILES string of the molecule is COC(C)C(C)Nc1cc(Br)cc(C(F)(F)F)c1. The molecule has 0 saturated carbocycles. The molecule has 2 atom stereocenters. The van der Waals surface area contributed by atoms with E-state index in [1.54, 1.807) is 13.2 Å². The summed E-state index contributed by atoms with van der Waals surface area (Å²) in [7, 11) is 1.56. The zero-order valence-electron chi connectivity index (χ0n) is 10.3. The number of rotatable bonds is 4. The standard InChI is InChI=1S/C12H15BrF3NO/c1-7(8(2)18-3)17-11-5-9(12(14,15)16)4-10(13)6-11/h4-8,17H,1-3H3. The predicted octanol–water partition coefficient (Wildman–Crippen LogP) is 4.30. The minimum absolute atomic E-state index is 0.0922. The minimum Gasteiger partial charge on any atom is -0.380 e. The maximum atomic E-state index is 12.6. The number of benzene rings is 1. The summed E-state index contributed by atoms with van der Waals surface area (Å²) >= 11 is 3.08. The van der Waals surface area contributed by atoms with Gasteiger partial charge >= 0.3 is 6.18 Å². The molecule has 0 heterocycles. The summed E-state index contributed by atoms with van der Waals surface area (Å²) in [5, 5.41) is 2.99. The van der Waals surface area contributed by atoms with E-state index in [1.807, 2.05) is 13.8 Å². The first kappa shape index (κ1) is 15.3. The van der Waals surface area contributed by atoms with Gasteiger partial charge in [0, 0.05) is 23.3 Å². The Kier molecular flexibility index (Phi) is 5.04. The average Bonchev–Trinajstić information content (AvgIpc) is 2.25. The number of alkyl halides is 3. The molecule has 1 aromatic carbocycles. The number of methoxy groups -OCH3 is 1. The molecule has 0 aliphatic carbocycles. The summed E-state index contributed by atoms with van der Waals surface area (Å²) in [6, 6.07) is 3.65. The lowest BCUT2D eigenvalue weighted by molar-refractivity contribution is -0.137. The quantitative estimate of drug-likeness (QED) is 0.891. The third-order valence-corrected chi connectivity index (χ3v) is 3.15. The Bertz CT molecular complexity index is 409. The largest absolute Gasteiger partial charge is 0.416 e. The molecule has 1 N–H and O–H groups in total. The predicted molar refractivity (Wildman–Crippen MR) is 68.7 cm³/mol. The third kappa shape index (κ3) is 4.17. The van der Waals surface area contributed by atoms with Gasteiger partial charge in [-0.25, -0.2) is 0 Å². The summed E-state index contributed by atoms with van der Waals surface area (Å²) in [4.78, 5) is 0. The van der Waals surface area contributed by atoms with Crippen LogP contribution in [0.3, 0.4) is 0 Å². The zero-order chi connectivity index (χ0) is 13.9. The van der Waals surface area contributed by atoms with E-state index in [4.69, 9.17) is 4.74 Å². The van der Waals surface area contributed by atoms with Gasteiger partial charge in [-0.15, -0.1) is 0 Å². The Balaban J connectivity index is 2.94. The number of halogens is 4. The summed E-state index contributed by atoms with van der Waals surface area (Å²) in [6.07, 6.45) is -4.45. The van der Waals surface area contributed by atoms with Gasteiger partial charge in [-0.3, -0.25) is 0 Å². The van der Waals surface area contributed by atoms with Gasteiger partial charge in [0.05, 0.1) is 11.7 Å². The highest BCUT2D eigenvalue weighted by atomic mass is 79.9. The summed E-state index contributed by atoms with van der Waals surface area (Å²) in [5.74, 6) is 0. The monoisotopic (exact) mass is 325 g/mol. The van der Waals surface area contributed by atoms with Crippen LogP contribution in [-0.2, 0) is 10.9 Å². The van der Waals surface area contributed by atoms with Crippen molar-refractivity contribution in [1.29, 1.82) is 0 Å². The van der Waals surface area contributed by atoms with Gasteiger partial charge < -0.3 is 10.1 Å². The number of hydrogen-bond acceptors (Lipinski definition) is 2. The van der Waals surface area contributed by atoms with Gasteiger partial charge in [0.2, 0.25) is 0 Å². The molecule has 1 aromatic rings. The molecule has 0 aliphatic rings. The molecule has 0 saturated heterocycles. The van der Waals surface area contributed by atoms with Crippen LogP contribution in [0.2, 0.25) is 0 Å². The average molecular weight is 326 g/mol. The molecule has 1 rings (SSSR count). The van der Waals surface area contributed by atoms with Crippen molar-refractivity contribution in [2.45, 2.75) is 32.2 Å². The highest BCUT2D eigenvalue weighted by Crippen LogP contribution is 2.33. The van der Waals surface area contributed by atoms with Crippen LogP contribution in [0.25, 0.3) is 0 Å². The normalized spacial score (nSPS) is 15.3. The Morgan fingerprint density at radius 3 is 2.33 bits per heavy atom. The third-order valence-electron chi connectivity index (χ3n) is 2.70. The van der Waals surface area contributed by atoms with Gasteiger partial charge in [0.15, 0.2) is 0 Å². The molecule has 102 valence electrons. The van der Waals surface area contributed by atoms with Gasteiger partial charge in [-0.05, 0) is 32.0 Å². The number of ether oxygens (including phenoxy) is 1. The second-order valence-electron chi connectivity index (χ2n) is 4.10. The maximum Gasteiger partial charge on any atom is 0.416 e. The maximum absolute atomic E-state index is 12.6. The molecule has 18 heavy (non-hydrogen) atoms. The first-order valence-corrected chi connectivity index (χ1v) is 6.20. The fourth-order valence-electron chi connectivity index (χ4n) is 1.42. The van der Waals surface area contributed by atoms with Crippen molar-refractivity contribution in [3.63, 3.8) is 0 Å². The van der Waals surface area contributed by atoms with Crippen LogP contribution in [-0.4, -0.2) is 19.3 Å². The van der Waals surface area contributed by atoms with Crippen LogP contribution >= 0.6 is 15.9 Å². The summed E-state index contributed by atoms with van der Waals surface area (Å²) in [5.41, 5.74) is -0.273. The second kappa shape index (κ2) is 5.93. The number of anilines is 1. The lowest BCUT2D eigenvalue weighted by atomic mass is 10.1. The fourth-order valence-corrected chi connectivity index (χ4v) is 1.91. The Morgan fingerprint density at radius 1 is 1.22 bits per heavy atom. The van der Waals surface area contributed by atoms with Crippen LogP contribution in [0, 0.1) is 0 Å². The molecule has 0 aromatic heterocycles. The minimum atomic E-state index is -4.35. The van der Waals surface area contributed by atoms with Crippen molar-refractivity contribution in [3.05, 3.63) is 28.2 Å². The molecule has 0 aliphatic heterocycles. The second-order valence-corrected chi connectivity index (χ2v) is 5.02. The molecule has 0 radical (unpaired) electrons. The molecule has 0 bridgehead atoms. The van der Waals surface area contributed by atoms with Gasteiger partial charge in [-0.1, -0.05) is 15.9 Å². The van der Waals surface area contributed by atoms with E-state index in [1.165, 1.54) is 0 Å². The molecular weight excluding hydrogens is 311 g/mol. The van der Waals surface area contributed by atoms with Crippen molar-refractivity contribution >= 4 is 21.6 Å². The first-order valence-electron chi connectivity index (χ1n) is 5.41. The van der Waals surface area contributed by atoms with E-state index in [0.29, 0.717) is 10.2 Å². The van der Waals surface area contributed by atoms with E-state index in [9.17, 15) is 13.2 Å². The fraction of sp³-hybridized carbons (Fsp3) is 0.500. The first-order chi connectivity index (χ1) is 8.24. The Morgan fingerprint density at radius 2 is 1.83 bits per heavy atom. The molecule has 0 fully saturated rings. The van der Waals surface area contributed by atoms with Crippen molar-refractivity contribution in [3.8, 4) is 0 Å². The molecule has 6 heteroatoms. The van der Waals surface area contributed by atoms with E-state index in [0.717, 1.165) is 12.1 Å². The van der Waals surface area contributed by atoms with Crippen molar-refractivity contribution in [2.24, 2.45) is 0 Å². The van der Waals surface area contributed by atoms with Gasteiger partial charge in [-0.2, -0.15) is 13.2 Å².